The minimum Gasteiger partial charge on any atom is -0.444 e. The molecule has 0 aromatic heterocycles. The Morgan fingerprint density at radius 2 is 2.04 bits per heavy atom. The third-order valence-corrected chi connectivity index (χ3v) is 3.83. The van der Waals surface area contributed by atoms with Gasteiger partial charge in [0.1, 0.15) is 11.8 Å². The molecule has 1 heterocycles. The van der Waals surface area contributed by atoms with Crippen LogP contribution in [-0.4, -0.2) is 41.4 Å². The molecule has 128 valence electrons. The average molecular weight is 320 g/mol. The number of ether oxygens (including phenoxy) is 1. The molecule has 0 saturated carbocycles. The van der Waals surface area contributed by atoms with Gasteiger partial charge in [-0.25, -0.2) is 4.79 Å². The van der Waals surface area contributed by atoms with Gasteiger partial charge >= 0.3 is 6.09 Å². The molecule has 2 N–H and O–H groups in total. The van der Waals surface area contributed by atoms with Gasteiger partial charge in [0, 0.05) is 19.7 Å². The number of rotatable bonds is 5. The fourth-order valence-corrected chi connectivity index (χ4v) is 2.85. The lowest BCUT2D eigenvalue weighted by molar-refractivity contribution is 0.0432. The summed E-state index contributed by atoms with van der Waals surface area (Å²) in [4.78, 5) is 14.5. The normalized spacial score (nSPS) is 17.0. The maximum atomic E-state index is 12.2. The number of carbonyl (C=O) groups is 1. The first kappa shape index (κ1) is 17.8. The lowest BCUT2D eigenvalue weighted by Gasteiger charge is -2.30. The standard InChI is InChI=1S/C18H28N2O3/c1-18(2,3)23-17(22)19-16(20-10-4-5-11-20)15-8-6-7-14(13-15)9-12-21/h6-8,13,16,21H,4-5,9-12H2,1-3H3,(H,19,22). The van der Waals surface area contributed by atoms with Crippen LogP contribution < -0.4 is 5.32 Å². The number of hydrogen-bond donors (Lipinski definition) is 2. The highest BCUT2D eigenvalue weighted by molar-refractivity contribution is 5.68. The average Bonchev–Trinajstić information content (AvgIpc) is 2.97. The van der Waals surface area contributed by atoms with Gasteiger partial charge in [0.25, 0.3) is 0 Å². The Bertz CT molecular complexity index is 519. The number of benzene rings is 1. The molecule has 1 amide bonds. The quantitative estimate of drug-likeness (QED) is 0.876. The van der Waals surface area contributed by atoms with Gasteiger partial charge in [0.15, 0.2) is 0 Å². The molecule has 1 aliphatic heterocycles. The molecule has 1 saturated heterocycles. The number of amides is 1. The molecular formula is C18H28N2O3. The van der Waals surface area contributed by atoms with Gasteiger partial charge in [0.05, 0.1) is 0 Å². The van der Waals surface area contributed by atoms with Crippen LogP contribution in [0.25, 0.3) is 0 Å². The molecule has 1 aromatic rings. The van der Waals surface area contributed by atoms with Crippen molar-refractivity contribution >= 4 is 6.09 Å². The summed E-state index contributed by atoms with van der Waals surface area (Å²) in [7, 11) is 0. The smallest absolute Gasteiger partial charge is 0.409 e. The van der Waals surface area contributed by atoms with Gasteiger partial charge in [-0.3, -0.25) is 4.90 Å². The zero-order valence-electron chi connectivity index (χ0n) is 14.3. The molecule has 1 aliphatic rings. The first-order valence-electron chi connectivity index (χ1n) is 8.32. The minimum atomic E-state index is -0.515. The van der Waals surface area contributed by atoms with Gasteiger partial charge in [0.2, 0.25) is 0 Å². The first-order valence-corrected chi connectivity index (χ1v) is 8.32. The Kier molecular flexibility index (Phi) is 6.02. The predicted octanol–water partition coefficient (Wildman–Crippen LogP) is 2.84. The third kappa shape index (κ3) is 5.52. The Morgan fingerprint density at radius 1 is 1.35 bits per heavy atom. The summed E-state index contributed by atoms with van der Waals surface area (Å²) in [5.41, 5.74) is 1.59. The number of nitrogens with one attached hydrogen (secondary N) is 1. The molecular weight excluding hydrogens is 292 g/mol. The molecule has 1 atom stereocenters. The molecule has 0 bridgehead atoms. The highest BCUT2D eigenvalue weighted by atomic mass is 16.6. The maximum absolute atomic E-state index is 12.2. The van der Waals surface area contributed by atoms with Crippen molar-refractivity contribution in [1.29, 1.82) is 0 Å². The Balaban J connectivity index is 2.17. The van der Waals surface area contributed by atoms with Crippen LogP contribution in [0, 0.1) is 0 Å². The molecule has 1 aromatic carbocycles. The van der Waals surface area contributed by atoms with Crippen molar-refractivity contribution in [2.75, 3.05) is 19.7 Å². The van der Waals surface area contributed by atoms with Gasteiger partial charge in [-0.05, 0) is 51.2 Å². The second-order valence-electron chi connectivity index (χ2n) is 7.01. The van der Waals surface area contributed by atoms with Crippen molar-refractivity contribution in [3.8, 4) is 0 Å². The molecule has 1 fully saturated rings. The van der Waals surface area contributed by atoms with Crippen LogP contribution in [0.1, 0.15) is 50.9 Å². The van der Waals surface area contributed by atoms with Gasteiger partial charge in [-0.1, -0.05) is 24.3 Å². The second-order valence-corrected chi connectivity index (χ2v) is 7.01. The summed E-state index contributed by atoms with van der Waals surface area (Å²) in [5, 5.41) is 12.1. The lowest BCUT2D eigenvalue weighted by atomic mass is 10.1. The van der Waals surface area contributed by atoms with Crippen LogP contribution >= 0.6 is 0 Å². The monoisotopic (exact) mass is 320 g/mol. The van der Waals surface area contributed by atoms with Crippen molar-refractivity contribution in [2.24, 2.45) is 0 Å². The Labute approximate surface area is 138 Å². The largest absolute Gasteiger partial charge is 0.444 e. The van der Waals surface area contributed by atoms with E-state index in [4.69, 9.17) is 9.84 Å². The number of nitrogens with zero attached hydrogens (tertiary/aromatic N) is 1. The van der Waals surface area contributed by atoms with Crippen molar-refractivity contribution < 1.29 is 14.6 Å². The van der Waals surface area contributed by atoms with Crippen LogP contribution in [0.15, 0.2) is 24.3 Å². The number of aliphatic hydroxyl groups excluding tert-OH is 1. The second kappa shape index (κ2) is 7.79. The summed E-state index contributed by atoms with van der Waals surface area (Å²) in [6, 6.07) is 8.03. The first-order chi connectivity index (χ1) is 10.9. The number of carbonyl (C=O) groups excluding carboxylic acids is 1. The number of hydrogen-bond acceptors (Lipinski definition) is 4. The van der Waals surface area contributed by atoms with E-state index in [2.05, 4.69) is 16.3 Å². The third-order valence-electron chi connectivity index (χ3n) is 3.83. The molecule has 0 radical (unpaired) electrons. The van der Waals surface area contributed by atoms with E-state index in [0.717, 1.165) is 37.1 Å². The summed E-state index contributed by atoms with van der Waals surface area (Å²) >= 11 is 0. The fourth-order valence-electron chi connectivity index (χ4n) is 2.85. The summed E-state index contributed by atoms with van der Waals surface area (Å²) in [6.45, 7) is 7.63. The number of likely N-dealkylation sites (tertiary alicyclic amines) is 1. The van der Waals surface area contributed by atoms with E-state index in [1.54, 1.807) is 0 Å². The summed E-state index contributed by atoms with van der Waals surface area (Å²) < 4.78 is 5.41. The van der Waals surface area contributed by atoms with Crippen molar-refractivity contribution in [2.45, 2.75) is 51.8 Å². The van der Waals surface area contributed by atoms with Gasteiger partial charge in [-0.2, -0.15) is 0 Å². The van der Waals surface area contributed by atoms with Crippen molar-refractivity contribution in [1.82, 2.24) is 10.2 Å². The molecule has 23 heavy (non-hydrogen) atoms. The zero-order chi connectivity index (χ0) is 16.9. The van der Waals surface area contributed by atoms with Crippen molar-refractivity contribution in [3.63, 3.8) is 0 Å². The molecule has 0 spiro atoms. The maximum Gasteiger partial charge on any atom is 0.409 e. The topological polar surface area (TPSA) is 61.8 Å². The van der Waals surface area contributed by atoms with E-state index >= 15 is 0 Å². The van der Waals surface area contributed by atoms with E-state index in [0.29, 0.717) is 6.42 Å². The minimum absolute atomic E-state index is 0.122. The zero-order valence-corrected chi connectivity index (χ0v) is 14.3. The summed E-state index contributed by atoms with van der Waals surface area (Å²) in [6.07, 6.45) is 2.31. The highest BCUT2D eigenvalue weighted by Gasteiger charge is 2.27. The van der Waals surface area contributed by atoms with E-state index in [1.165, 1.54) is 0 Å². The van der Waals surface area contributed by atoms with E-state index in [9.17, 15) is 4.79 Å². The Hall–Kier alpha value is -1.59. The van der Waals surface area contributed by atoms with Crippen LogP contribution in [0.5, 0.6) is 0 Å². The van der Waals surface area contributed by atoms with E-state index in [1.807, 2.05) is 39.0 Å². The Morgan fingerprint density at radius 3 is 2.65 bits per heavy atom. The van der Waals surface area contributed by atoms with Crippen LogP contribution in [0.3, 0.4) is 0 Å². The van der Waals surface area contributed by atoms with Gasteiger partial charge in [-0.15, -0.1) is 0 Å². The molecule has 2 rings (SSSR count). The van der Waals surface area contributed by atoms with E-state index < -0.39 is 11.7 Å². The van der Waals surface area contributed by atoms with Crippen LogP contribution in [0.4, 0.5) is 4.79 Å². The van der Waals surface area contributed by atoms with Crippen LogP contribution in [-0.2, 0) is 11.2 Å². The van der Waals surface area contributed by atoms with E-state index in [-0.39, 0.29) is 12.8 Å². The van der Waals surface area contributed by atoms with Crippen LogP contribution in [0.2, 0.25) is 0 Å². The summed E-state index contributed by atoms with van der Waals surface area (Å²) in [5.74, 6) is 0. The highest BCUT2D eigenvalue weighted by Crippen LogP contribution is 2.24. The SMILES string of the molecule is CC(C)(C)OC(=O)NC(c1cccc(CCO)c1)N1CCCC1. The van der Waals surface area contributed by atoms with Crippen molar-refractivity contribution in [3.05, 3.63) is 35.4 Å². The molecule has 0 aliphatic carbocycles. The molecule has 1 unspecified atom stereocenters. The fraction of sp³-hybridized carbons (Fsp3) is 0.611. The molecule has 5 heteroatoms. The number of aliphatic hydroxyl groups is 1. The van der Waals surface area contributed by atoms with Gasteiger partial charge < -0.3 is 15.2 Å². The molecule has 5 nitrogen and oxygen atoms in total. The predicted molar refractivity (Wildman–Crippen MR) is 90.1 cm³/mol. The number of alkyl carbamates (subject to hydrolysis) is 1. The lowest BCUT2D eigenvalue weighted by Crippen LogP contribution is -2.42.